The second-order valence-corrected chi connectivity index (χ2v) is 6.80. The minimum Gasteiger partial charge on any atom is -0.385 e. The summed E-state index contributed by atoms with van der Waals surface area (Å²) >= 11 is 0. The molecule has 1 atom stereocenters. The largest absolute Gasteiger partial charge is 0.385 e. The number of hydrogen-bond acceptors (Lipinski definition) is 4. The number of nitrogens with two attached hydrogens (primary N) is 1. The van der Waals surface area contributed by atoms with Crippen molar-refractivity contribution < 1.29 is 13.2 Å². The summed E-state index contributed by atoms with van der Waals surface area (Å²) < 4.78 is 31.2. The summed E-state index contributed by atoms with van der Waals surface area (Å²) in [5.74, 6) is 0.121. The lowest BCUT2D eigenvalue weighted by Crippen LogP contribution is -2.54. The molecular weight excluding hydrogens is 252 g/mol. The van der Waals surface area contributed by atoms with Gasteiger partial charge in [0.1, 0.15) is 0 Å². The smallest absolute Gasteiger partial charge is 0.214 e. The third-order valence-electron chi connectivity index (χ3n) is 3.32. The SMILES string of the molecule is CCCN(C(C)(CC)CN)S(=O)(=O)CCCOC. The summed E-state index contributed by atoms with van der Waals surface area (Å²) in [5.41, 5.74) is 5.29. The van der Waals surface area contributed by atoms with Crippen molar-refractivity contribution in [2.45, 2.75) is 45.6 Å². The number of sulfonamides is 1. The summed E-state index contributed by atoms with van der Waals surface area (Å²) in [6.07, 6.45) is 2.02. The lowest BCUT2D eigenvalue weighted by atomic mass is 9.99. The van der Waals surface area contributed by atoms with E-state index in [1.165, 1.54) is 0 Å². The van der Waals surface area contributed by atoms with Crippen LogP contribution in [0.1, 0.15) is 40.0 Å². The van der Waals surface area contributed by atoms with Gasteiger partial charge in [-0.25, -0.2) is 8.42 Å². The van der Waals surface area contributed by atoms with Gasteiger partial charge in [0.25, 0.3) is 0 Å². The van der Waals surface area contributed by atoms with Crippen molar-refractivity contribution >= 4 is 10.0 Å². The maximum Gasteiger partial charge on any atom is 0.214 e. The molecular formula is C12H28N2O3S. The molecule has 2 N–H and O–H groups in total. The van der Waals surface area contributed by atoms with Crippen LogP contribution in [0.15, 0.2) is 0 Å². The number of ether oxygens (including phenoxy) is 1. The molecule has 18 heavy (non-hydrogen) atoms. The van der Waals surface area contributed by atoms with Crippen LogP contribution in [-0.4, -0.2) is 50.8 Å². The fraction of sp³-hybridized carbons (Fsp3) is 1.00. The molecule has 1 unspecified atom stereocenters. The minimum atomic E-state index is -3.27. The topological polar surface area (TPSA) is 72.6 Å². The lowest BCUT2D eigenvalue weighted by Gasteiger charge is -2.39. The Kier molecular flexibility index (Phi) is 8.02. The Morgan fingerprint density at radius 3 is 2.33 bits per heavy atom. The van der Waals surface area contributed by atoms with E-state index in [2.05, 4.69) is 0 Å². The van der Waals surface area contributed by atoms with E-state index in [4.69, 9.17) is 10.5 Å². The first-order valence-corrected chi connectivity index (χ1v) is 8.18. The molecule has 110 valence electrons. The van der Waals surface area contributed by atoms with Gasteiger partial charge in [0.05, 0.1) is 5.75 Å². The zero-order chi connectivity index (χ0) is 14.2. The first-order chi connectivity index (χ1) is 8.37. The maximum absolute atomic E-state index is 12.4. The van der Waals surface area contributed by atoms with Gasteiger partial charge in [0.15, 0.2) is 0 Å². The molecule has 0 aliphatic carbocycles. The Morgan fingerprint density at radius 1 is 1.33 bits per heavy atom. The van der Waals surface area contributed by atoms with Crippen molar-refractivity contribution in [2.24, 2.45) is 5.73 Å². The Labute approximate surface area is 112 Å². The second kappa shape index (κ2) is 8.09. The van der Waals surface area contributed by atoms with Gasteiger partial charge >= 0.3 is 0 Å². The van der Waals surface area contributed by atoms with Crippen LogP contribution in [0.25, 0.3) is 0 Å². The van der Waals surface area contributed by atoms with Crippen LogP contribution in [0.4, 0.5) is 0 Å². The van der Waals surface area contributed by atoms with Crippen molar-refractivity contribution in [1.29, 1.82) is 0 Å². The maximum atomic E-state index is 12.4. The molecule has 0 bridgehead atoms. The highest BCUT2D eigenvalue weighted by Gasteiger charge is 2.36. The first-order valence-electron chi connectivity index (χ1n) is 6.57. The quantitative estimate of drug-likeness (QED) is 0.610. The van der Waals surface area contributed by atoms with Gasteiger partial charge in [-0.15, -0.1) is 0 Å². The summed E-state index contributed by atoms with van der Waals surface area (Å²) in [7, 11) is -1.69. The van der Waals surface area contributed by atoms with Crippen molar-refractivity contribution in [3.05, 3.63) is 0 Å². The van der Waals surface area contributed by atoms with E-state index in [9.17, 15) is 8.42 Å². The van der Waals surface area contributed by atoms with Crippen LogP contribution in [0, 0.1) is 0 Å². The average molecular weight is 280 g/mol. The molecule has 6 heteroatoms. The third kappa shape index (κ3) is 4.84. The monoisotopic (exact) mass is 280 g/mol. The van der Waals surface area contributed by atoms with Gasteiger partial charge < -0.3 is 10.5 Å². The van der Waals surface area contributed by atoms with Gasteiger partial charge in [-0.1, -0.05) is 13.8 Å². The van der Waals surface area contributed by atoms with Crippen LogP contribution in [0.5, 0.6) is 0 Å². The Hall–Kier alpha value is -0.170. The molecule has 0 saturated carbocycles. The van der Waals surface area contributed by atoms with E-state index in [1.54, 1.807) is 11.4 Å². The van der Waals surface area contributed by atoms with Crippen molar-refractivity contribution in [3.63, 3.8) is 0 Å². The Balaban J connectivity index is 4.97. The molecule has 0 fully saturated rings. The van der Waals surface area contributed by atoms with Gasteiger partial charge in [-0.3, -0.25) is 0 Å². The first kappa shape index (κ1) is 17.8. The third-order valence-corrected chi connectivity index (χ3v) is 5.42. The second-order valence-electron chi connectivity index (χ2n) is 4.79. The van der Waals surface area contributed by atoms with Gasteiger partial charge in [-0.05, 0) is 26.2 Å². The van der Waals surface area contributed by atoms with Crippen molar-refractivity contribution in [3.8, 4) is 0 Å². The predicted octanol–water partition coefficient (Wildman–Crippen LogP) is 1.19. The molecule has 0 radical (unpaired) electrons. The van der Waals surface area contributed by atoms with E-state index in [0.717, 1.165) is 6.42 Å². The zero-order valence-electron chi connectivity index (χ0n) is 12.1. The van der Waals surface area contributed by atoms with E-state index < -0.39 is 15.6 Å². The zero-order valence-corrected chi connectivity index (χ0v) is 12.9. The van der Waals surface area contributed by atoms with Crippen LogP contribution in [-0.2, 0) is 14.8 Å². The van der Waals surface area contributed by atoms with Crippen molar-refractivity contribution in [1.82, 2.24) is 4.31 Å². The number of nitrogens with zero attached hydrogens (tertiary/aromatic N) is 1. The summed E-state index contributed by atoms with van der Waals surface area (Å²) in [6.45, 7) is 7.19. The van der Waals surface area contributed by atoms with Crippen molar-refractivity contribution in [2.75, 3.05) is 32.6 Å². The summed E-state index contributed by atoms with van der Waals surface area (Å²) in [5, 5.41) is 0. The van der Waals surface area contributed by atoms with E-state index in [1.807, 2.05) is 20.8 Å². The van der Waals surface area contributed by atoms with Gasteiger partial charge in [0.2, 0.25) is 10.0 Å². The van der Waals surface area contributed by atoms with E-state index in [-0.39, 0.29) is 5.75 Å². The molecule has 0 aromatic carbocycles. The Morgan fingerprint density at radius 2 is 1.94 bits per heavy atom. The summed E-state index contributed by atoms with van der Waals surface area (Å²) in [4.78, 5) is 0. The fourth-order valence-corrected chi connectivity index (χ4v) is 3.91. The standard InChI is InChI=1S/C12H28N2O3S/c1-5-8-14(12(3,6-2)11-13)18(15,16)10-7-9-17-4/h5-11,13H2,1-4H3. The molecule has 0 heterocycles. The number of methoxy groups -OCH3 is 1. The Bertz CT molecular complexity index is 313. The average Bonchev–Trinajstić information content (AvgIpc) is 2.35. The molecule has 0 aromatic heterocycles. The minimum absolute atomic E-state index is 0.121. The normalized spacial score (nSPS) is 15.9. The highest BCUT2D eigenvalue weighted by atomic mass is 32.2. The number of hydrogen-bond donors (Lipinski definition) is 1. The molecule has 0 aliphatic heterocycles. The number of rotatable bonds is 10. The molecule has 0 rings (SSSR count). The molecule has 0 saturated heterocycles. The van der Waals surface area contributed by atoms with E-state index in [0.29, 0.717) is 32.5 Å². The van der Waals surface area contributed by atoms with E-state index >= 15 is 0 Å². The van der Waals surface area contributed by atoms with Crippen LogP contribution in [0.2, 0.25) is 0 Å². The van der Waals surface area contributed by atoms with Gasteiger partial charge in [-0.2, -0.15) is 4.31 Å². The van der Waals surface area contributed by atoms with Crippen LogP contribution < -0.4 is 5.73 Å². The molecule has 0 aromatic rings. The predicted molar refractivity (Wildman–Crippen MR) is 75.0 cm³/mol. The molecule has 0 aliphatic rings. The fourth-order valence-electron chi connectivity index (χ4n) is 1.87. The molecule has 0 spiro atoms. The van der Waals surface area contributed by atoms with Crippen LogP contribution in [0.3, 0.4) is 0 Å². The molecule has 5 nitrogen and oxygen atoms in total. The molecule has 0 amide bonds. The van der Waals surface area contributed by atoms with Gasteiger partial charge in [0, 0.05) is 32.3 Å². The van der Waals surface area contributed by atoms with Crippen LogP contribution >= 0.6 is 0 Å². The highest BCUT2D eigenvalue weighted by Crippen LogP contribution is 2.23. The highest BCUT2D eigenvalue weighted by molar-refractivity contribution is 7.89. The lowest BCUT2D eigenvalue weighted by molar-refractivity contribution is 0.193. The summed E-state index contributed by atoms with van der Waals surface area (Å²) in [6, 6.07) is 0.